The molecule has 0 aromatic heterocycles. The first-order valence-corrected chi connectivity index (χ1v) is 10.5. The lowest BCUT2D eigenvalue weighted by molar-refractivity contribution is 0.0600. The summed E-state index contributed by atoms with van der Waals surface area (Å²) in [4.78, 5) is 16.7. The maximum atomic E-state index is 11.8. The molecule has 0 fully saturated rings. The number of aliphatic imine (C=N–C) groups is 1. The third-order valence-corrected chi connectivity index (χ3v) is 5.74. The van der Waals surface area contributed by atoms with E-state index in [2.05, 4.69) is 5.32 Å². The van der Waals surface area contributed by atoms with Crippen molar-refractivity contribution < 1.29 is 19.4 Å². The molecule has 2 atom stereocenters. The van der Waals surface area contributed by atoms with Gasteiger partial charge < -0.3 is 14.6 Å². The van der Waals surface area contributed by atoms with Gasteiger partial charge in [0.1, 0.15) is 6.17 Å². The van der Waals surface area contributed by atoms with E-state index in [0.29, 0.717) is 22.8 Å². The molecule has 0 bridgehead atoms. The second-order valence-electron chi connectivity index (χ2n) is 7.42. The fraction of sp³-hybridized carbons (Fsp3) is 0.200. The van der Waals surface area contributed by atoms with Gasteiger partial charge in [-0.25, -0.2) is 4.79 Å². The fourth-order valence-electron chi connectivity index (χ4n) is 3.80. The summed E-state index contributed by atoms with van der Waals surface area (Å²) in [5.74, 6) is 0.126. The van der Waals surface area contributed by atoms with E-state index in [0.717, 1.165) is 22.4 Å². The second kappa shape index (κ2) is 9.42. The Hall–Kier alpha value is -3.35. The average molecular weight is 451 g/mol. The molecule has 1 aliphatic rings. The first kappa shape index (κ1) is 21.9. The van der Waals surface area contributed by atoms with Crippen LogP contribution in [0.2, 0.25) is 5.02 Å². The van der Waals surface area contributed by atoms with Crippen molar-refractivity contribution in [3.63, 3.8) is 0 Å². The highest BCUT2D eigenvalue weighted by Gasteiger charge is 2.28. The van der Waals surface area contributed by atoms with Crippen LogP contribution in [0, 0.1) is 0 Å². The van der Waals surface area contributed by atoms with Crippen molar-refractivity contribution in [2.45, 2.75) is 18.6 Å². The average Bonchev–Trinajstić information content (AvgIpc) is 2.84. The predicted octanol–water partition coefficient (Wildman–Crippen LogP) is 5.06. The molecule has 3 aromatic carbocycles. The number of halogens is 1. The zero-order valence-electron chi connectivity index (χ0n) is 17.7. The lowest BCUT2D eigenvalue weighted by Gasteiger charge is -2.31. The van der Waals surface area contributed by atoms with Gasteiger partial charge in [-0.2, -0.15) is 0 Å². The van der Waals surface area contributed by atoms with Crippen LogP contribution in [-0.2, 0) is 4.74 Å². The molecule has 0 amide bonds. The number of nitrogens with zero attached hydrogens (tertiary/aromatic N) is 1. The molecule has 0 aliphatic carbocycles. The number of para-hydroxylation sites is 1. The molecule has 1 heterocycles. The largest absolute Gasteiger partial charge is 0.504 e. The van der Waals surface area contributed by atoms with Crippen LogP contribution in [0.1, 0.15) is 45.7 Å². The molecule has 2 N–H and O–H groups in total. The number of benzene rings is 3. The van der Waals surface area contributed by atoms with Gasteiger partial charge in [0, 0.05) is 28.8 Å². The van der Waals surface area contributed by atoms with Crippen LogP contribution in [0.25, 0.3) is 0 Å². The van der Waals surface area contributed by atoms with Gasteiger partial charge in [0.2, 0.25) is 0 Å². The number of hydrogen-bond donors (Lipinski definition) is 2. The number of rotatable bonds is 5. The third kappa shape index (κ3) is 4.47. The Balaban J connectivity index is 1.73. The molecule has 7 heteroatoms. The van der Waals surface area contributed by atoms with Crippen LogP contribution in [0.4, 0.5) is 0 Å². The molecule has 6 nitrogen and oxygen atoms in total. The summed E-state index contributed by atoms with van der Waals surface area (Å²) in [5, 5.41) is 14.9. The monoisotopic (exact) mass is 450 g/mol. The highest BCUT2D eigenvalue weighted by atomic mass is 35.5. The number of methoxy groups -OCH3 is 2. The van der Waals surface area contributed by atoms with E-state index in [4.69, 9.17) is 26.1 Å². The van der Waals surface area contributed by atoms with Crippen LogP contribution in [0.15, 0.2) is 71.7 Å². The molecule has 164 valence electrons. The molecular formula is C25H23ClN2O4. The Morgan fingerprint density at radius 3 is 2.44 bits per heavy atom. The molecule has 0 saturated heterocycles. The highest BCUT2D eigenvalue weighted by Crippen LogP contribution is 2.38. The number of carbonyl (C=O) groups is 1. The van der Waals surface area contributed by atoms with E-state index in [1.807, 2.05) is 48.5 Å². The number of aromatic hydroxyl groups is 1. The van der Waals surface area contributed by atoms with Crippen LogP contribution in [-0.4, -0.2) is 31.0 Å². The Bertz CT molecular complexity index is 1140. The van der Waals surface area contributed by atoms with Crippen molar-refractivity contribution in [1.29, 1.82) is 0 Å². The molecule has 1 aliphatic heterocycles. The Kier molecular flexibility index (Phi) is 6.44. The van der Waals surface area contributed by atoms with E-state index in [-0.39, 0.29) is 18.0 Å². The van der Waals surface area contributed by atoms with E-state index in [1.165, 1.54) is 14.2 Å². The molecule has 3 aromatic rings. The SMILES string of the molecule is COC(=O)c1ccc([C@H]2N=C(c3ccc(Cl)cc3)C[C@@H](c3cccc(OC)c3O)N2)cc1. The van der Waals surface area contributed by atoms with Crippen LogP contribution < -0.4 is 10.1 Å². The van der Waals surface area contributed by atoms with Gasteiger partial charge in [-0.05, 0) is 41.5 Å². The van der Waals surface area contributed by atoms with E-state index >= 15 is 0 Å². The molecule has 0 radical (unpaired) electrons. The predicted molar refractivity (Wildman–Crippen MR) is 124 cm³/mol. The number of nitrogens with one attached hydrogen (secondary N) is 1. The van der Waals surface area contributed by atoms with Gasteiger partial charge >= 0.3 is 5.97 Å². The number of phenols is 1. The summed E-state index contributed by atoms with van der Waals surface area (Å²) in [6.45, 7) is 0. The van der Waals surface area contributed by atoms with Gasteiger partial charge in [0.15, 0.2) is 11.5 Å². The maximum absolute atomic E-state index is 11.8. The second-order valence-corrected chi connectivity index (χ2v) is 7.86. The van der Waals surface area contributed by atoms with Crippen LogP contribution >= 0.6 is 11.6 Å². The molecule has 0 saturated carbocycles. The normalized spacial score (nSPS) is 18.0. The number of esters is 1. The minimum Gasteiger partial charge on any atom is -0.504 e. The van der Waals surface area contributed by atoms with Crippen molar-refractivity contribution >= 4 is 23.3 Å². The van der Waals surface area contributed by atoms with Crippen molar-refractivity contribution in [2.75, 3.05) is 14.2 Å². The van der Waals surface area contributed by atoms with Gasteiger partial charge in [0.25, 0.3) is 0 Å². The Morgan fingerprint density at radius 1 is 1.06 bits per heavy atom. The lowest BCUT2D eigenvalue weighted by atomic mass is 9.93. The fourth-order valence-corrected chi connectivity index (χ4v) is 3.92. The van der Waals surface area contributed by atoms with Gasteiger partial charge in [-0.3, -0.25) is 10.3 Å². The number of carbonyl (C=O) groups excluding carboxylic acids is 1. The van der Waals surface area contributed by atoms with Gasteiger partial charge in [0.05, 0.1) is 19.8 Å². The lowest BCUT2D eigenvalue weighted by Crippen LogP contribution is -2.33. The van der Waals surface area contributed by atoms with Crippen LogP contribution in [0.5, 0.6) is 11.5 Å². The van der Waals surface area contributed by atoms with Crippen molar-refractivity contribution in [3.8, 4) is 11.5 Å². The van der Waals surface area contributed by atoms with E-state index in [1.54, 1.807) is 18.2 Å². The standard InChI is InChI=1S/C25H23ClN2O4/c1-31-22-5-3-4-19(23(22)29)21-14-20(15-10-12-18(26)13-11-15)27-24(28-21)16-6-8-17(9-7-16)25(30)32-2/h3-13,21,24,28-29H,14H2,1-2H3/t21-,24-/m0/s1. The van der Waals surface area contributed by atoms with Crippen molar-refractivity contribution in [1.82, 2.24) is 5.32 Å². The van der Waals surface area contributed by atoms with Gasteiger partial charge in [-0.15, -0.1) is 0 Å². The quantitative estimate of drug-likeness (QED) is 0.531. The molecule has 4 rings (SSSR count). The summed E-state index contributed by atoms with van der Waals surface area (Å²) < 4.78 is 10.1. The zero-order chi connectivity index (χ0) is 22.7. The van der Waals surface area contributed by atoms with Crippen molar-refractivity contribution in [2.24, 2.45) is 4.99 Å². The first-order valence-electron chi connectivity index (χ1n) is 10.1. The van der Waals surface area contributed by atoms with Crippen molar-refractivity contribution in [3.05, 3.63) is 94.0 Å². The zero-order valence-corrected chi connectivity index (χ0v) is 18.5. The molecule has 32 heavy (non-hydrogen) atoms. The Labute approximate surface area is 191 Å². The smallest absolute Gasteiger partial charge is 0.337 e. The van der Waals surface area contributed by atoms with Crippen LogP contribution in [0.3, 0.4) is 0 Å². The third-order valence-electron chi connectivity index (χ3n) is 5.49. The molecular weight excluding hydrogens is 428 g/mol. The highest BCUT2D eigenvalue weighted by molar-refractivity contribution is 6.30. The summed E-state index contributed by atoms with van der Waals surface area (Å²) in [6.07, 6.45) is 0.191. The minimum atomic E-state index is -0.391. The topological polar surface area (TPSA) is 80.2 Å². The number of phenolic OH excluding ortho intramolecular Hbond substituents is 1. The number of hydrogen-bond acceptors (Lipinski definition) is 6. The number of ether oxygens (including phenoxy) is 2. The van der Waals surface area contributed by atoms with E-state index in [9.17, 15) is 9.90 Å². The minimum absolute atomic E-state index is 0.102. The molecule has 0 spiro atoms. The summed E-state index contributed by atoms with van der Waals surface area (Å²) >= 11 is 6.07. The Morgan fingerprint density at radius 2 is 1.78 bits per heavy atom. The molecule has 0 unspecified atom stereocenters. The summed E-state index contributed by atoms with van der Waals surface area (Å²) in [6, 6.07) is 19.9. The van der Waals surface area contributed by atoms with E-state index < -0.39 is 5.97 Å². The summed E-state index contributed by atoms with van der Waals surface area (Å²) in [5.41, 5.74) is 3.92. The summed E-state index contributed by atoms with van der Waals surface area (Å²) in [7, 11) is 2.88. The van der Waals surface area contributed by atoms with Gasteiger partial charge in [-0.1, -0.05) is 48.0 Å². The first-order chi connectivity index (χ1) is 15.5. The maximum Gasteiger partial charge on any atom is 0.337 e.